The summed E-state index contributed by atoms with van der Waals surface area (Å²) in [6, 6.07) is 16.6. The van der Waals surface area contributed by atoms with Gasteiger partial charge in [-0.05, 0) is 91.1 Å². The maximum absolute atomic E-state index is 14.4. The van der Waals surface area contributed by atoms with Gasteiger partial charge in [0.2, 0.25) is 11.8 Å². The van der Waals surface area contributed by atoms with Crippen molar-refractivity contribution < 1.29 is 14.4 Å². The van der Waals surface area contributed by atoms with Gasteiger partial charge < -0.3 is 25.4 Å². The Labute approximate surface area is 297 Å². The molecule has 0 radical (unpaired) electrons. The van der Waals surface area contributed by atoms with Crippen molar-refractivity contribution in [2.24, 2.45) is 11.7 Å². The molecule has 4 amide bonds. The molecule has 2 aliphatic heterocycles. The van der Waals surface area contributed by atoms with E-state index in [9.17, 15) is 14.4 Å². The minimum Gasteiger partial charge on any atom is -0.351 e. The third-order valence-corrected chi connectivity index (χ3v) is 10.6. The Balaban J connectivity index is 1.16. The molecule has 0 unspecified atom stereocenters. The minimum absolute atomic E-state index is 0.0434. The number of likely N-dealkylation sites (tertiary alicyclic amines) is 1. The summed E-state index contributed by atoms with van der Waals surface area (Å²) in [6.07, 6.45) is 9.04. The highest BCUT2D eigenvalue weighted by atomic mass is 35.5. The van der Waals surface area contributed by atoms with Gasteiger partial charge in [-0.25, -0.2) is 9.78 Å². The van der Waals surface area contributed by atoms with Crippen molar-refractivity contribution >= 4 is 35.1 Å². The fraction of sp³-hybridized carbons (Fsp3) is 0.395. The highest BCUT2D eigenvalue weighted by Gasteiger charge is 2.41. The number of aryl methyl sites for hydroxylation is 3. The number of anilines is 1. The molecular weight excluding hydrogens is 652 g/mol. The lowest BCUT2D eigenvalue weighted by Crippen LogP contribution is -2.60. The van der Waals surface area contributed by atoms with Gasteiger partial charge in [-0.2, -0.15) is 0 Å². The van der Waals surface area contributed by atoms with Crippen molar-refractivity contribution in [2.75, 3.05) is 38.0 Å². The van der Waals surface area contributed by atoms with Gasteiger partial charge in [0.15, 0.2) is 0 Å². The van der Waals surface area contributed by atoms with Gasteiger partial charge >= 0.3 is 6.03 Å². The van der Waals surface area contributed by atoms with Gasteiger partial charge in [0.25, 0.3) is 0 Å². The highest BCUT2D eigenvalue weighted by Crippen LogP contribution is 2.38. The number of imidazole rings is 1. The first-order valence-electron chi connectivity index (χ1n) is 17.4. The number of amides is 4. The quantitative estimate of drug-likeness (QED) is 0.286. The van der Waals surface area contributed by atoms with E-state index < -0.39 is 12.1 Å². The topological polar surface area (TPSA) is 130 Å². The summed E-state index contributed by atoms with van der Waals surface area (Å²) in [6.45, 7) is 4.98. The highest BCUT2D eigenvalue weighted by molar-refractivity contribution is 6.30. The molecule has 260 valence electrons. The number of nitrogens with two attached hydrogens (primary N) is 1. The summed E-state index contributed by atoms with van der Waals surface area (Å²) < 4.78 is 2.01. The van der Waals surface area contributed by atoms with Crippen molar-refractivity contribution in [1.29, 1.82) is 0 Å². The van der Waals surface area contributed by atoms with Crippen molar-refractivity contribution in [3.63, 3.8) is 0 Å². The van der Waals surface area contributed by atoms with E-state index in [0.717, 1.165) is 35.4 Å². The largest absolute Gasteiger partial charge is 0.351 e. The third kappa shape index (κ3) is 7.39. The number of aromatic nitrogens is 3. The Morgan fingerprint density at radius 1 is 0.960 bits per heavy atom. The Morgan fingerprint density at radius 3 is 2.56 bits per heavy atom. The SMILES string of the molecule is Cc1cn(Cc2cccc(NC(=O)[C@H]3CN([C@@H]4c5ccc(Cl)cc5CCc5cccnc54)CCN3C(=O)CC3CCN(C(N)=O)CC3)c2)cn1. The van der Waals surface area contributed by atoms with Crippen LogP contribution in [0.4, 0.5) is 10.5 Å². The number of nitrogens with one attached hydrogen (secondary N) is 1. The zero-order valence-corrected chi connectivity index (χ0v) is 29.1. The third-order valence-electron chi connectivity index (χ3n) is 10.4. The molecule has 2 atom stereocenters. The molecule has 3 aliphatic rings. The van der Waals surface area contributed by atoms with Crippen LogP contribution >= 0.6 is 11.6 Å². The molecule has 0 saturated carbocycles. The number of rotatable bonds is 7. The molecule has 4 aromatic rings. The number of carbonyl (C=O) groups excluding carboxylic acids is 3. The van der Waals surface area contributed by atoms with Gasteiger partial charge in [-0.15, -0.1) is 0 Å². The Bertz CT molecular complexity index is 1890. The number of piperidine rings is 1. The van der Waals surface area contributed by atoms with E-state index in [1.54, 1.807) is 16.1 Å². The van der Waals surface area contributed by atoms with Crippen LogP contribution in [-0.2, 0) is 29.0 Å². The number of hydrogen-bond acceptors (Lipinski definition) is 6. The molecule has 50 heavy (non-hydrogen) atoms. The van der Waals surface area contributed by atoms with Gasteiger partial charge in [-0.1, -0.05) is 35.9 Å². The second kappa shape index (κ2) is 14.6. The first-order valence-corrected chi connectivity index (χ1v) is 17.8. The average molecular weight is 695 g/mol. The number of benzene rings is 2. The summed E-state index contributed by atoms with van der Waals surface area (Å²) in [4.78, 5) is 55.0. The van der Waals surface area contributed by atoms with Crippen LogP contribution in [-0.4, -0.2) is 85.8 Å². The van der Waals surface area contributed by atoms with Crippen LogP contribution in [0.1, 0.15) is 58.9 Å². The number of primary amides is 1. The first kappa shape index (κ1) is 33.7. The summed E-state index contributed by atoms with van der Waals surface area (Å²) in [5.74, 6) is -0.149. The molecule has 11 nitrogen and oxygen atoms in total. The molecule has 2 saturated heterocycles. The number of pyridine rings is 1. The van der Waals surface area contributed by atoms with E-state index in [4.69, 9.17) is 22.3 Å². The fourth-order valence-electron chi connectivity index (χ4n) is 7.78. The predicted molar refractivity (Wildman–Crippen MR) is 192 cm³/mol. The number of fused-ring (bicyclic) bond motifs is 2. The maximum Gasteiger partial charge on any atom is 0.314 e. The molecule has 0 spiro atoms. The molecule has 2 fully saturated rings. The number of carbonyl (C=O) groups is 3. The Hall–Kier alpha value is -4.74. The monoisotopic (exact) mass is 694 g/mol. The van der Waals surface area contributed by atoms with Crippen LogP contribution in [0.25, 0.3) is 0 Å². The number of urea groups is 1. The number of nitrogens with zero attached hydrogens (tertiary/aromatic N) is 6. The van der Waals surface area contributed by atoms with Crippen molar-refractivity contribution in [2.45, 2.75) is 57.7 Å². The van der Waals surface area contributed by atoms with Gasteiger partial charge in [0, 0.05) is 68.8 Å². The standard InChI is InChI=1S/C38H43ClN8O3/c1-25-21-44(24-42-25)22-27-4-2-6-31(18-27)43-37(49)33-23-46(16-17-47(33)34(48)19-26-11-14-45(15-12-26)38(40)50)36-32-10-9-30(39)20-29(32)8-7-28-5-3-13-41-35(28)36/h2-6,9-10,13,18,20-21,24,26,33,36H,7-8,11-12,14-17,19,22-23H2,1H3,(H2,40,50)(H,43,49)/t33-,36-/m1/s1. The summed E-state index contributed by atoms with van der Waals surface area (Å²) in [5.41, 5.74) is 12.6. The van der Waals surface area contributed by atoms with Crippen LogP contribution in [0.15, 0.2) is 73.3 Å². The second-order valence-electron chi connectivity index (χ2n) is 13.7. The molecule has 2 aromatic carbocycles. The lowest BCUT2D eigenvalue weighted by Gasteiger charge is -2.44. The molecule has 0 bridgehead atoms. The minimum atomic E-state index is -0.729. The van der Waals surface area contributed by atoms with E-state index in [1.165, 1.54) is 11.1 Å². The Kier molecular flexibility index (Phi) is 9.87. The number of halogens is 1. The molecular formula is C38H43ClN8O3. The molecule has 12 heteroatoms. The average Bonchev–Trinajstić information content (AvgIpc) is 3.44. The summed E-state index contributed by atoms with van der Waals surface area (Å²) in [5, 5.41) is 3.85. The zero-order chi connectivity index (χ0) is 34.8. The van der Waals surface area contributed by atoms with E-state index in [-0.39, 0.29) is 23.8 Å². The molecule has 4 heterocycles. The number of piperazine rings is 1. The lowest BCUT2D eigenvalue weighted by molar-refractivity contribution is -0.143. The number of hydrogen-bond donors (Lipinski definition) is 2. The van der Waals surface area contributed by atoms with Crippen LogP contribution < -0.4 is 11.1 Å². The predicted octanol–water partition coefficient (Wildman–Crippen LogP) is 4.81. The molecule has 3 N–H and O–H groups in total. The van der Waals surface area contributed by atoms with E-state index >= 15 is 0 Å². The normalized spacial score (nSPS) is 19.7. The van der Waals surface area contributed by atoms with E-state index in [1.807, 2.05) is 66.3 Å². The van der Waals surface area contributed by atoms with Crippen LogP contribution in [0.5, 0.6) is 0 Å². The van der Waals surface area contributed by atoms with Crippen molar-refractivity contribution in [3.05, 3.63) is 112 Å². The summed E-state index contributed by atoms with van der Waals surface area (Å²) in [7, 11) is 0. The lowest BCUT2D eigenvalue weighted by atomic mass is 9.92. The van der Waals surface area contributed by atoms with Gasteiger partial charge in [0.1, 0.15) is 6.04 Å². The Morgan fingerprint density at radius 2 is 1.78 bits per heavy atom. The first-order chi connectivity index (χ1) is 24.2. The van der Waals surface area contributed by atoms with E-state index in [0.29, 0.717) is 69.2 Å². The zero-order valence-electron chi connectivity index (χ0n) is 28.3. The molecule has 1 aliphatic carbocycles. The van der Waals surface area contributed by atoms with Crippen LogP contribution in [0.2, 0.25) is 5.02 Å². The van der Waals surface area contributed by atoms with Crippen LogP contribution in [0.3, 0.4) is 0 Å². The fourth-order valence-corrected chi connectivity index (χ4v) is 7.97. The van der Waals surface area contributed by atoms with E-state index in [2.05, 4.69) is 27.3 Å². The summed E-state index contributed by atoms with van der Waals surface area (Å²) >= 11 is 6.48. The maximum atomic E-state index is 14.4. The van der Waals surface area contributed by atoms with Crippen molar-refractivity contribution in [3.8, 4) is 0 Å². The van der Waals surface area contributed by atoms with Gasteiger partial charge in [-0.3, -0.25) is 19.5 Å². The van der Waals surface area contributed by atoms with Crippen LogP contribution in [0, 0.1) is 12.8 Å². The molecule has 7 rings (SSSR count). The molecule has 2 aromatic heterocycles. The van der Waals surface area contributed by atoms with Crippen molar-refractivity contribution in [1.82, 2.24) is 29.2 Å². The second-order valence-corrected chi connectivity index (χ2v) is 14.2. The smallest absolute Gasteiger partial charge is 0.314 e. The van der Waals surface area contributed by atoms with Gasteiger partial charge in [0.05, 0.1) is 23.8 Å².